The van der Waals surface area contributed by atoms with Crippen molar-refractivity contribution in [2.45, 2.75) is 38.7 Å². The Hall–Kier alpha value is -1.08. The Bertz CT molecular complexity index is 367. The summed E-state index contributed by atoms with van der Waals surface area (Å²) in [5.41, 5.74) is 2.52. The summed E-state index contributed by atoms with van der Waals surface area (Å²) in [4.78, 5) is 0. The van der Waals surface area contributed by atoms with Crippen LogP contribution < -0.4 is 0 Å². The predicted molar refractivity (Wildman–Crippen MR) is 67.4 cm³/mol. The van der Waals surface area contributed by atoms with Gasteiger partial charge in [0.05, 0.1) is 6.10 Å². The molecule has 0 amide bonds. The zero-order valence-electron chi connectivity index (χ0n) is 9.89. The van der Waals surface area contributed by atoms with E-state index in [2.05, 4.69) is 43.3 Å². The maximum absolute atomic E-state index is 10.2. The number of hydrogen-bond acceptors (Lipinski definition) is 1. The van der Waals surface area contributed by atoms with Crippen LogP contribution in [0.5, 0.6) is 0 Å². The van der Waals surface area contributed by atoms with Gasteiger partial charge >= 0.3 is 0 Å². The van der Waals surface area contributed by atoms with Gasteiger partial charge in [-0.2, -0.15) is 0 Å². The van der Waals surface area contributed by atoms with E-state index in [0.29, 0.717) is 5.92 Å². The molecular formula is C15H20O. The lowest BCUT2D eigenvalue weighted by atomic mass is 9.86. The third kappa shape index (κ3) is 2.96. The van der Waals surface area contributed by atoms with Crippen LogP contribution in [0.2, 0.25) is 0 Å². The van der Waals surface area contributed by atoms with E-state index in [1.807, 2.05) is 0 Å². The maximum Gasteiger partial charge on any atom is 0.0611 e. The molecule has 0 saturated carbocycles. The fourth-order valence-electron chi connectivity index (χ4n) is 2.41. The molecule has 86 valence electrons. The SMILES string of the molecule is Cc1cccc(CC(O)C2CC=CCC2)c1. The summed E-state index contributed by atoms with van der Waals surface area (Å²) in [5, 5.41) is 10.2. The Balaban J connectivity index is 1.96. The van der Waals surface area contributed by atoms with Gasteiger partial charge in [0.25, 0.3) is 0 Å². The van der Waals surface area contributed by atoms with Crippen molar-refractivity contribution in [3.63, 3.8) is 0 Å². The average Bonchev–Trinajstić information content (AvgIpc) is 2.30. The van der Waals surface area contributed by atoms with Gasteiger partial charge in [-0.25, -0.2) is 0 Å². The minimum absolute atomic E-state index is 0.188. The monoisotopic (exact) mass is 216 g/mol. The topological polar surface area (TPSA) is 20.2 Å². The van der Waals surface area contributed by atoms with Gasteiger partial charge in [-0.1, -0.05) is 42.0 Å². The lowest BCUT2D eigenvalue weighted by Gasteiger charge is -2.23. The maximum atomic E-state index is 10.2. The van der Waals surface area contributed by atoms with Crippen LogP contribution >= 0.6 is 0 Å². The summed E-state index contributed by atoms with van der Waals surface area (Å²) in [5.74, 6) is 0.450. The number of benzene rings is 1. The van der Waals surface area contributed by atoms with Gasteiger partial charge < -0.3 is 5.11 Å². The normalized spacial score (nSPS) is 22.0. The highest BCUT2D eigenvalue weighted by Gasteiger charge is 2.19. The molecule has 0 radical (unpaired) electrons. The van der Waals surface area contributed by atoms with Crippen LogP contribution in [0.25, 0.3) is 0 Å². The van der Waals surface area contributed by atoms with Crippen LogP contribution in [0, 0.1) is 12.8 Å². The van der Waals surface area contributed by atoms with E-state index in [9.17, 15) is 5.11 Å². The summed E-state index contributed by atoms with van der Waals surface area (Å²) in [7, 11) is 0. The van der Waals surface area contributed by atoms with Crippen molar-refractivity contribution in [3.05, 3.63) is 47.5 Å². The summed E-state index contributed by atoms with van der Waals surface area (Å²) in [6.45, 7) is 2.10. The van der Waals surface area contributed by atoms with E-state index in [1.165, 1.54) is 11.1 Å². The molecule has 0 aromatic heterocycles. The fourth-order valence-corrected chi connectivity index (χ4v) is 2.41. The number of hydrogen-bond donors (Lipinski definition) is 1. The van der Waals surface area contributed by atoms with E-state index < -0.39 is 0 Å². The molecule has 2 rings (SSSR count). The Morgan fingerprint density at radius 2 is 2.25 bits per heavy atom. The Morgan fingerprint density at radius 1 is 1.38 bits per heavy atom. The van der Waals surface area contributed by atoms with Crippen LogP contribution in [0.4, 0.5) is 0 Å². The molecule has 1 aromatic carbocycles. The molecule has 0 spiro atoms. The van der Waals surface area contributed by atoms with Gasteiger partial charge in [0.15, 0.2) is 0 Å². The second-order valence-electron chi connectivity index (χ2n) is 4.81. The van der Waals surface area contributed by atoms with Crippen LogP contribution in [0.3, 0.4) is 0 Å². The zero-order valence-corrected chi connectivity index (χ0v) is 9.89. The molecule has 0 aliphatic heterocycles. The minimum atomic E-state index is -0.188. The van der Waals surface area contributed by atoms with Crippen molar-refractivity contribution >= 4 is 0 Å². The minimum Gasteiger partial charge on any atom is -0.392 e. The fraction of sp³-hybridized carbons (Fsp3) is 0.467. The molecule has 1 heteroatoms. The highest BCUT2D eigenvalue weighted by molar-refractivity contribution is 5.22. The van der Waals surface area contributed by atoms with Crippen molar-refractivity contribution in [2.24, 2.45) is 5.92 Å². The number of aliphatic hydroxyl groups excluding tert-OH is 1. The number of aryl methyl sites for hydroxylation is 1. The summed E-state index contributed by atoms with van der Waals surface area (Å²) < 4.78 is 0. The van der Waals surface area contributed by atoms with E-state index in [1.54, 1.807) is 0 Å². The van der Waals surface area contributed by atoms with Gasteiger partial charge in [-0.15, -0.1) is 0 Å². The molecule has 0 fully saturated rings. The summed E-state index contributed by atoms with van der Waals surface area (Å²) in [6.07, 6.45) is 8.31. The Kier molecular flexibility index (Phi) is 3.79. The molecule has 0 bridgehead atoms. The van der Waals surface area contributed by atoms with Crippen molar-refractivity contribution in [1.29, 1.82) is 0 Å². The summed E-state index contributed by atoms with van der Waals surface area (Å²) >= 11 is 0. The molecule has 1 nitrogen and oxygen atoms in total. The molecule has 1 aliphatic rings. The predicted octanol–water partition coefficient (Wildman–Crippen LogP) is 3.25. The first kappa shape index (κ1) is 11.4. The average molecular weight is 216 g/mol. The van der Waals surface area contributed by atoms with E-state index in [4.69, 9.17) is 0 Å². The molecular weight excluding hydrogens is 196 g/mol. The van der Waals surface area contributed by atoms with Crippen LogP contribution in [-0.4, -0.2) is 11.2 Å². The smallest absolute Gasteiger partial charge is 0.0611 e. The zero-order chi connectivity index (χ0) is 11.4. The number of allylic oxidation sites excluding steroid dienone is 2. The van der Waals surface area contributed by atoms with E-state index >= 15 is 0 Å². The highest BCUT2D eigenvalue weighted by Crippen LogP contribution is 2.24. The third-order valence-corrected chi connectivity index (χ3v) is 3.38. The van der Waals surface area contributed by atoms with Gasteiger partial charge in [0, 0.05) is 0 Å². The number of rotatable bonds is 3. The molecule has 1 aliphatic carbocycles. The molecule has 2 unspecified atom stereocenters. The quantitative estimate of drug-likeness (QED) is 0.769. The lowest BCUT2D eigenvalue weighted by Crippen LogP contribution is -2.23. The van der Waals surface area contributed by atoms with Gasteiger partial charge in [0.2, 0.25) is 0 Å². The van der Waals surface area contributed by atoms with E-state index in [-0.39, 0.29) is 6.10 Å². The molecule has 16 heavy (non-hydrogen) atoms. The van der Waals surface area contributed by atoms with Crippen LogP contribution in [0.1, 0.15) is 30.4 Å². The molecule has 1 N–H and O–H groups in total. The van der Waals surface area contributed by atoms with Crippen LogP contribution in [0.15, 0.2) is 36.4 Å². The summed E-state index contributed by atoms with van der Waals surface area (Å²) in [6, 6.07) is 8.44. The van der Waals surface area contributed by atoms with Crippen molar-refractivity contribution in [3.8, 4) is 0 Å². The second kappa shape index (κ2) is 5.31. The van der Waals surface area contributed by atoms with Gasteiger partial charge in [0.1, 0.15) is 0 Å². The largest absolute Gasteiger partial charge is 0.392 e. The first-order valence-electron chi connectivity index (χ1n) is 6.14. The van der Waals surface area contributed by atoms with Crippen molar-refractivity contribution in [1.82, 2.24) is 0 Å². The molecule has 0 heterocycles. The molecule has 2 atom stereocenters. The Morgan fingerprint density at radius 3 is 2.94 bits per heavy atom. The third-order valence-electron chi connectivity index (χ3n) is 3.38. The Labute approximate surface area is 97.8 Å². The number of aliphatic hydroxyl groups is 1. The first-order chi connectivity index (χ1) is 7.75. The van der Waals surface area contributed by atoms with Gasteiger partial charge in [-0.3, -0.25) is 0 Å². The van der Waals surface area contributed by atoms with E-state index in [0.717, 1.165) is 25.7 Å². The lowest BCUT2D eigenvalue weighted by molar-refractivity contribution is 0.102. The first-order valence-corrected chi connectivity index (χ1v) is 6.14. The van der Waals surface area contributed by atoms with Gasteiger partial charge in [-0.05, 0) is 44.1 Å². The second-order valence-corrected chi connectivity index (χ2v) is 4.81. The van der Waals surface area contributed by atoms with Crippen LogP contribution in [-0.2, 0) is 6.42 Å². The molecule has 1 aromatic rings. The van der Waals surface area contributed by atoms with Crippen molar-refractivity contribution in [2.75, 3.05) is 0 Å². The standard InChI is InChI=1S/C15H20O/c1-12-6-5-7-13(10-12)11-15(16)14-8-3-2-4-9-14/h2-3,5-7,10,14-16H,4,8-9,11H2,1H3. The highest BCUT2D eigenvalue weighted by atomic mass is 16.3. The molecule has 0 saturated heterocycles. The van der Waals surface area contributed by atoms with Crippen molar-refractivity contribution < 1.29 is 5.11 Å².